The minimum absolute atomic E-state index is 0.157. The molecule has 196 valence electrons. The fourth-order valence-electron chi connectivity index (χ4n) is 9.75. The maximum atomic E-state index is 12.4. The molecule has 6 heteroatoms. The summed E-state index contributed by atoms with van der Waals surface area (Å²) in [6.45, 7) is 7.14. The Morgan fingerprint density at radius 3 is 2.57 bits per heavy atom. The van der Waals surface area contributed by atoms with Crippen LogP contribution in [0.15, 0.2) is 11.6 Å². The maximum Gasteiger partial charge on any atom is 0.331 e. The summed E-state index contributed by atoms with van der Waals surface area (Å²) in [6, 6.07) is 0. The molecule has 0 bridgehead atoms. The lowest BCUT2D eigenvalue weighted by atomic mass is 9.43. The van der Waals surface area contributed by atoms with Crippen molar-refractivity contribution < 1.29 is 29.2 Å². The summed E-state index contributed by atoms with van der Waals surface area (Å²) >= 11 is 0. The third-order valence-electron chi connectivity index (χ3n) is 11.9. The van der Waals surface area contributed by atoms with Gasteiger partial charge in [0.25, 0.3) is 0 Å². The molecule has 0 aromatic heterocycles. The highest BCUT2D eigenvalue weighted by molar-refractivity contribution is 5.85. The van der Waals surface area contributed by atoms with Crippen molar-refractivity contribution >= 4 is 5.97 Å². The van der Waals surface area contributed by atoms with E-state index in [0.29, 0.717) is 24.4 Å². The zero-order valence-corrected chi connectivity index (χ0v) is 21.7. The molecule has 3 unspecified atom stereocenters. The highest BCUT2D eigenvalue weighted by Crippen LogP contribution is 2.70. The van der Waals surface area contributed by atoms with Crippen molar-refractivity contribution in [1.29, 1.82) is 0 Å². The molecule has 1 saturated heterocycles. The Labute approximate surface area is 209 Å². The molecule has 0 spiro atoms. The quantitative estimate of drug-likeness (QED) is 0.449. The van der Waals surface area contributed by atoms with Gasteiger partial charge in [-0.1, -0.05) is 13.8 Å². The van der Waals surface area contributed by atoms with Crippen molar-refractivity contribution in [3.63, 3.8) is 0 Å². The van der Waals surface area contributed by atoms with Crippen LogP contribution in [0.2, 0.25) is 0 Å². The normalized spacial score (nSPS) is 53.9. The Morgan fingerprint density at radius 1 is 1.00 bits per heavy atom. The van der Waals surface area contributed by atoms with Gasteiger partial charge in [-0.3, -0.25) is 0 Å². The number of aliphatic hydroxyl groups is 2. The van der Waals surface area contributed by atoms with Crippen LogP contribution >= 0.6 is 0 Å². The van der Waals surface area contributed by atoms with E-state index in [0.717, 1.165) is 69.8 Å². The fraction of sp³-hybridized carbons (Fsp3) is 0.897. The molecule has 0 amide bonds. The van der Waals surface area contributed by atoms with Gasteiger partial charge in [0, 0.05) is 17.9 Å². The number of rotatable bonds is 3. The van der Waals surface area contributed by atoms with Gasteiger partial charge >= 0.3 is 5.97 Å². The number of aliphatic hydroxyl groups excluding tert-OH is 1. The van der Waals surface area contributed by atoms with E-state index in [-0.39, 0.29) is 47.3 Å². The van der Waals surface area contributed by atoms with Crippen LogP contribution in [0.3, 0.4) is 0 Å². The van der Waals surface area contributed by atoms with E-state index in [4.69, 9.17) is 14.2 Å². The lowest BCUT2D eigenvalue weighted by Crippen LogP contribution is -2.62. The molecule has 2 heterocycles. The molecule has 6 nitrogen and oxygen atoms in total. The third kappa shape index (κ3) is 3.68. The van der Waals surface area contributed by atoms with Crippen LogP contribution in [0, 0.1) is 34.5 Å². The summed E-state index contributed by atoms with van der Waals surface area (Å²) in [4.78, 5) is 11.8. The van der Waals surface area contributed by atoms with E-state index in [2.05, 4.69) is 13.8 Å². The maximum absolute atomic E-state index is 12.4. The van der Waals surface area contributed by atoms with Gasteiger partial charge in [-0.05, 0) is 106 Å². The second kappa shape index (κ2) is 8.54. The van der Waals surface area contributed by atoms with E-state index in [1.54, 1.807) is 6.08 Å². The van der Waals surface area contributed by atoms with Crippen LogP contribution in [0.25, 0.3) is 0 Å². The highest BCUT2D eigenvalue weighted by Gasteiger charge is 2.67. The van der Waals surface area contributed by atoms with E-state index >= 15 is 0 Å². The van der Waals surface area contributed by atoms with E-state index in [1.165, 1.54) is 6.42 Å². The SMILES string of the molecule is C[C@H]1OC(O[C@H]2CC[C@]3(C)C4CC[C@]5(C)[C@@H](C6=CC(=O)OC6)CC[C@]5(O)C4CC[C@@H]3C2)CC[C@@H]1O. The number of carbonyl (C=O) groups is 1. The molecule has 11 atom stereocenters. The lowest BCUT2D eigenvalue weighted by Gasteiger charge is -2.63. The second-order valence-corrected chi connectivity index (χ2v) is 13.2. The lowest BCUT2D eigenvalue weighted by molar-refractivity contribution is -0.252. The zero-order valence-electron chi connectivity index (χ0n) is 21.7. The van der Waals surface area contributed by atoms with Crippen molar-refractivity contribution in [2.24, 2.45) is 34.5 Å². The molecular weight excluding hydrogens is 444 g/mol. The van der Waals surface area contributed by atoms with Crippen LogP contribution in [-0.2, 0) is 19.0 Å². The first kappa shape index (κ1) is 24.4. The first-order valence-corrected chi connectivity index (χ1v) is 14.2. The molecular formula is C29H44O6. The largest absolute Gasteiger partial charge is 0.458 e. The first-order chi connectivity index (χ1) is 16.6. The van der Waals surface area contributed by atoms with Gasteiger partial charge in [0.05, 0.1) is 23.9 Å². The Morgan fingerprint density at radius 2 is 1.83 bits per heavy atom. The molecule has 0 aromatic carbocycles. The molecule has 35 heavy (non-hydrogen) atoms. The number of carbonyl (C=O) groups excluding carboxylic acids is 1. The average Bonchev–Trinajstić information content (AvgIpc) is 3.36. The second-order valence-electron chi connectivity index (χ2n) is 13.2. The van der Waals surface area contributed by atoms with Gasteiger partial charge in [-0.2, -0.15) is 0 Å². The van der Waals surface area contributed by atoms with Crippen molar-refractivity contribution in [3.05, 3.63) is 11.6 Å². The molecule has 2 aliphatic heterocycles. The number of fused-ring (bicyclic) bond motifs is 5. The van der Waals surface area contributed by atoms with Gasteiger partial charge in [-0.25, -0.2) is 4.79 Å². The van der Waals surface area contributed by atoms with Crippen LogP contribution in [0.5, 0.6) is 0 Å². The molecule has 0 radical (unpaired) electrons. The summed E-state index contributed by atoms with van der Waals surface area (Å²) in [5.74, 6) is 1.56. The topological polar surface area (TPSA) is 85.2 Å². The summed E-state index contributed by atoms with van der Waals surface area (Å²) < 4.78 is 17.6. The monoisotopic (exact) mass is 488 g/mol. The van der Waals surface area contributed by atoms with Crippen molar-refractivity contribution in [3.8, 4) is 0 Å². The number of cyclic esters (lactones) is 1. The molecule has 6 aliphatic rings. The van der Waals surface area contributed by atoms with Crippen LogP contribution < -0.4 is 0 Å². The Bertz CT molecular complexity index is 886. The minimum Gasteiger partial charge on any atom is -0.458 e. The van der Waals surface area contributed by atoms with Gasteiger partial charge in [0.2, 0.25) is 0 Å². The standard InChI is InChI=1S/C29H44O6/c1-17-24(30)6-7-26(34-17)35-20-8-11-27(2)19(15-20)4-5-23-22(27)9-12-28(3)21(10-13-29(23,28)32)18-14-25(31)33-16-18/h14,17,19-24,26,30,32H,4-13,15-16H2,1-3H3/t17-,19-,20+,21-,22?,23?,24+,26?,27+,28-,29+/m1/s1. The van der Waals surface area contributed by atoms with Crippen molar-refractivity contribution in [2.75, 3.05) is 6.61 Å². The van der Waals surface area contributed by atoms with Crippen molar-refractivity contribution in [2.45, 2.75) is 122 Å². The van der Waals surface area contributed by atoms with Crippen LogP contribution in [0.4, 0.5) is 0 Å². The summed E-state index contributed by atoms with van der Waals surface area (Å²) in [6.07, 6.45) is 12.3. The predicted octanol–water partition coefficient (Wildman–Crippen LogP) is 4.51. The first-order valence-electron chi connectivity index (χ1n) is 14.2. The van der Waals surface area contributed by atoms with Gasteiger partial charge < -0.3 is 24.4 Å². The van der Waals surface area contributed by atoms with Crippen molar-refractivity contribution in [1.82, 2.24) is 0 Å². The number of hydrogen-bond donors (Lipinski definition) is 2. The van der Waals surface area contributed by atoms with Crippen LogP contribution in [0.1, 0.15) is 91.4 Å². The van der Waals surface area contributed by atoms with Crippen LogP contribution in [-0.4, -0.2) is 53.0 Å². The molecule has 0 aromatic rings. The van der Waals surface area contributed by atoms with Gasteiger partial charge in [0.1, 0.15) is 6.61 Å². The molecule has 5 fully saturated rings. The molecule has 4 aliphatic carbocycles. The fourth-order valence-corrected chi connectivity index (χ4v) is 9.75. The Hall–Kier alpha value is -0.950. The summed E-state index contributed by atoms with van der Waals surface area (Å²) in [5, 5.41) is 22.3. The zero-order chi connectivity index (χ0) is 24.6. The third-order valence-corrected chi connectivity index (χ3v) is 11.9. The summed E-state index contributed by atoms with van der Waals surface area (Å²) in [5.41, 5.74) is 0.537. The Kier molecular flexibility index (Phi) is 5.95. The number of hydrogen-bond acceptors (Lipinski definition) is 6. The van der Waals surface area contributed by atoms with E-state index < -0.39 is 5.60 Å². The summed E-state index contributed by atoms with van der Waals surface area (Å²) in [7, 11) is 0. The molecule has 4 saturated carbocycles. The molecule has 6 rings (SSSR count). The minimum atomic E-state index is -0.651. The number of esters is 1. The predicted molar refractivity (Wildman–Crippen MR) is 130 cm³/mol. The molecule has 2 N–H and O–H groups in total. The van der Waals surface area contributed by atoms with E-state index in [9.17, 15) is 15.0 Å². The van der Waals surface area contributed by atoms with Gasteiger partial charge in [-0.15, -0.1) is 0 Å². The van der Waals surface area contributed by atoms with Gasteiger partial charge in [0.15, 0.2) is 6.29 Å². The number of ether oxygens (including phenoxy) is 3. The Balaban J connectivity index is 1.16. The average molecular weight is 489 g/mol. The highest BCUT2D eigenvalue weighted by atomic mass is 16.7. The van der Waals surface area contributed by atoms with E-state index in [1.807, 2.05) is 6.92 Å². The smallest absolute Gasteiger partial charge is 0.331 e.